The van der Waals surface area contributed by atoms with E-state index in [2.05, 4.69) is 5.10 Å². The molecule has 15 heavy (non-hydrogen) atoms. The van der Waals surface area contributed by atoms with Crippen LogP contribution in [0.5, 0.6) is 11.8 Å². The summed E-state index contributed by atoms with van der Waals surface area (Å²) in [4.78, 5) is 11.4. The van der Waals surface area contributed by atoms with E-state index in [0.29, 0.717) is 5.75 Å². The summed E-state index contributed by atoms with van der Waals surface area (Å²) in [5, 5.41) is 3.95. The summed E-state index contributed by atoms with van der Waals surface area (Å²) in [5.41, 5.74) is -0.207. The minimum Gasteiger partial charge on any atom is -0.424 e. The van der Waals surface area contributed by atoms with Crippen molar-refractivity contribution in [3.05, 3.63) is 40.8 Å². The maximum absolute atomic E-state index is 11.4. The van der Waals surface area contributed by atoms with Crippen LogP contribution in [-0.4, -0.2) is 14.3 Å². The van der Waals surface area contributed by atoms with E-state index in [4.69, 9.17) is 4.74 Å². The van der Waals surface area contributed by atoms with Gasteiger partial charge >= 0.3 is 11.7 Å². The molecule has 5 heteroatoms. The van der Waals surface area contributed by atoms with Gasteiger partial charge in [0.15, 0.2) is 0 Å². The van der Waals surface area contributed by atoms with Gasteiger partial charge in [-0.3, -0.25) is 0 Å². The average molecular weight is 205 g/mol. The Balaban J connectivity index is 2.33. The number of nitrogens with zero attached hydrogens (tertiary/aromatic N) is 3. The first-order valence-electron chi connectivity index (χ1n) is 4.51. The molecule has 2 aromatic rings. The van der Waals surface area contributed by atoms with Crippen LogP contribution in [0.4, 0.5) is 0 Å². The first-order chi connectivity index (χ1) is 7.18. The first-order valence-corrected chi connectivity index (χ1v) is 4.51. The highest BCUT2D eigenvalue weighted by Crippen LogP contribution is 2.16. The molecule has 1 aromatic carbocycles. The number of ether oxygens (including phenoxy) is 1. The molecule has 5 nitrogen and oxygen atoms in total. The van der Waals surface area contributed by atoms with Crippen molar-refractivity contribution < 1.29 is 4.74 Å². The van der Waals surface area contributed by atoms with Crippen LogP contribution in [0.3, 0.4) is 0 Å². The second kappa shape index (κ2) is 3.61. The highest BCUT2D eigenvalue weighted by Gasteiger charge is 2.08. The molecular weight excluding hydrogens is 194 g/mol. The molecule has 78 valence electrons. The van der Waals surface area contributed by atoms with Crippen LogP contribution in [0.15, 0.2) is 35.1 Å². The molecule has 1 heterocycles. The quantitative estimate of drug-likeness (QED) is 0.732. The summed E-state index contributed by atoms with van der Waals surface area (Å²) in [7, 11) is 3.20. The van der Waals surface area contributed by atoms with Crippen molar-refractivity contribution in [1.29, 1.82) is 0 Å². The van der Waals surface area contributed by atoms with Crippen molar-refractivity contribution in [1.82, 2.24) is 14.3 Å². The van der Waals surface area contributed by atoms with Crippen LogP contribution in [0.1, 0.15) is 0 Å². The number of hydrogen-bond donors (Lipinski definition) is 0. The molecular formula is C10H11N3O2. The Morgan fingerprint density at radius 3 is 2.40 bits per heavy atom. The Morgan fingerprint density at radius 1 is 1.20 bits per heavy atom. The SMILES string of the molecule is Cn1nc(Oc2ccccc2)n(C)c1=O. The third-order valence-electron chi connectivity index (χ3n) is 2.04. The molecule has 0 aliphatic heterocycles. The fourth-order valence-corrected chi connectivity index (χ4v) is 1.22. The van der Waals surface area contributed by atoms with E-state index in [9.17, 15) is 4.79 Å². The predicted octanol–water partition coefficient (Wildman–Crippen LogP) is 0.911. The van der Waals surface area contributed by atoms with Gasteiger partial charge in [-0.2, -0.15) is 0 Å². The lowest BCUT2D eigenvalue weighted by Crippen LogP contribution is -2.20. The molecule has 0 bridgehead atoms. The smallest absolute Gasteiger partial charge is 0.348 e. The number of aromatic nitrogens is 3. The molecule has 2 rings (SSSR count). The molecule has 0 aliphatic carbocycles. The molecule has 0 unspecified atom stereocenters. The highest BCUT2D eigenvalue weighted by molar-refractivity contribution is 5.23. The largest absolute Gasteiger partial charge is 0.424 e. The molecule has 0 aliphatic rings. The molecule has 0 spiro atoms. The minimum absolute atomic E-state index is 0.207. The van der Waals surface area contributed by atoms with Gasteiger partial charge in [-0.05, 0) is 12.1 Å². The zero-order valence-electron chi connectivity index (χ0n) is 8.54. The molecule has 0 radical (unpaired) electrons. The molecule has 0 fully saturated rings. The van der Waals surface area contributed by atoms with E-state index < -0.39 is 0 Å². The first kappa shape index (κ1) is 9.51. The van der Waals surface area contributed by atoms with E-state index in [-0.39, 0.29) is 11.7 Å². The van der Waals surface area contributed by atoms with Crippen molar-refractivity contribution in [2.75, 3.05) is 0 Å². The van der Waals surface area contributed by atoms with Gasteiger partial charge in [0.2, 0.25) is 0 Å². The van der Waals surface area contributed by atoms with Gasteiger partial charge < -0.3 is 4.74 Å². The number of benzene rings is 1. The van der Waals surface area contributed by atoms with E-state index in [1.807, 2.05) is 18.2 Å². The van der Waals surface area contributed by atoms with Gasteiger partial charge in [0.05, 0.1) is 0 Å². The van der Waals surface area contributed by atoms with E-state index >= 15 is 0 Å². The average Bonchev–Trinajstić information content (AvgIpc) is 2.48. The standard InChI is InChI=1S/C10H11N3O2/c1-12-9(11-13(2)10(12)14)15-8-6-4-3-5-7-8/h3-7H,1-2H3. The third-order valence-corrected chi connectivity index (χ3v) is 2.04. The summed E-state index contributed by atoms with van der Waals surface area (Å²) in [6.45, 7) is 0. The van der Waals surface area contributed by atoms with Gasteiger partial charge in [0.1, 0.15) is 5.75 Å². The van der Waals surface area contributed by atoms with Crippen LogP contribution >= 0.6 is 0 Å². The lowest BCUT2D eigenvalue weighted by atomic mass is 10.3. The summed E-state index contributed by atoms with van der Waals surface area (Å²) in [5.74, 6) is 0.659. The minimum atomic E-state index is -0.207. The van der Waals surface area contributed by atoms with E-state index in [1.165, 1.54) is 9.25 Å². The van der Waals surface area contributed by atoms with E-state index in [1.54, 1.807) is 26.2 Å². The molecule has 1 aromatic heterocycles. The number of hydrogen-bond acceptors (Lipinski definition) is 3. The maximum atomic E-state index is 11.4. The number of rotatable bonds is 2. The topological polar surface area (TPSA) is 49.0 Å². The second-order valence-corrected chi connectivity index (χ2v) is 3.16. The van der Waals surface area contributed by atoms with Crippen molar-refractivity contribution in [3.8, 4) is 11.8 Å². The van der Waals surface area contributed by atoms with Crippen LogP contribution in [-0.2, 0) is 14.1 Å². The summed E-state index contributed by atoms with van der Waals surface area (Å²) < 4.78 is 8.03. The Kier molecular flexibility index (Phi) is 2.29. The number of para-hydroxylation sites is 1. The van der Waals surface area contributed by atoms with Gasteiger partial charge in [0.25, 0.3) is 0 Å². The maximum Gasteiger partial charge on any atom is 0.348 e. The molecule has 0 saturated carbocycles. The number of aryl methyl sites for hydroxylation is 1. The zero-order valence-corrected chi connectivity index (χ0v) is 8.54. The summed E-state index contributed by atoms with van der Waals surface area (Å²) in [6, 6.07) is 9.50. The fourth-order valence-electron chi connectivity index (χ4n) is 1.22. The van der Waals surface area contributed by atoms with Crippen molar-refractivity contribution in [3.63, 3.8) is 0 Å². The Labute approximate surface area is 86.5 Å². The highest BCUT2D eigenvalue weighted by atomic mass is 16.5. The second-order valence-electron chi connectivity index (χ2n) is 3.16. The van der Waals surface area contributed by atoms with Crippen LogP contribution in [0, 0.1) is 0 Å². The fraction of sp³-hybridized carbons (Fsp3) is 0.200. The predicted molar refractivity (Wildman–Crippen MR) is 55.0 cm³/mol. The molecule has 0 atom stereocenters. The van der Waals surface area contributed by atoms with Crippen molar-refractivity contribution in [2.24, 2.45) is 14.1 Å². The monoisotopic (exact) mass is 205 g/mol. The van der Waals surface area contributed by atoms with Crippen molar-refractivity contribution >= 4 is 0 Å². The van der Waals surface area contributed by atoms with Crippen molar-refractivity contribution in [2.45, 2.75) is 0 Å². The normalized spacial score (nSPS) is 10.3. The summed E-state index contributed by atoms with van der Waals surface area (Å²) >= 11 is 0. The van der Waals surface area contributed by atoms with Gasteiger partial charge in [-0.15, -0.1) is 5.10 Å². The van der Waals surface area contributed by atoms with Crippen LogP contribution < -0.4 is 10.4 Å². The summed E-state index contributed by atoms with van der Waals surface area (Å²) in [6.07, 6.45) is 0. The van der Waals surface area contributed by atoms with Crippen LogP contribution in [0.2, 0.25) is 0 Å². The van der Waals surface area contributed by atoms with Gasteiger partial charge in [-0.1, -0.05) is 18.2 Å². The Morgan fingerprint density at radius 2 is 1.87 bits per heavy atom. The third kappa shape index (κ3) is 1.76. The lowest BCUT2D eigenvalue weighted by Gasteiger charge is -2.01. The molecule has 0 N–H and O–H groups in total. The lowest BCUT2D eigenvalue weighted by molar-refractivity contribution is 0.419. The van der Waals surface area contributed by atoms with E-state index in [0.717, 1.165) is 0 Å². The van der Waals surface area contributed by atoms with Gasteiger partial charge in [0, 0.05) is 14.1 Å². The Hall–Kier alpha value is -2.04. The zero-order chi connectivity index (χ0) is 10.8. The van der Waals surface area contributed by atoms with Crippen LogP contribution in [0.25, 0.3) is 0 Å². The molecule has 0 amide bonds. The Bertz CT molecular complexity index is 513. The van der Waals surface area contributed by atoms with Gasteiger partial charge in [-0.25, -0.2) is 14.0 Å². The molecule has 0 saturated heterocycles.